The van der Waals surface area contributed by atoms with E-state index in [1.807, 2.05) is 44.2 Å². The van der Waals surface area contributed by atoms with E-state index in [1.54, 1.807) is 11.9 Å². The SMILES string of the molecule is Cc1cccc(CC(=O)N(C)Cc2cc(C)on2)c1. The highest BCUT2D eigenvalue weighted by Gasteiger charge is 2.12. The van der Waals surface area contributed by atoms with Gasteiger partial charge in [-0.3, -0.25) is 4.79 Å². The van der Waals surface area contributed by atoms with Crippen LogP contribution in [0, 0.1) is 13.8 Å². The fraction of sp³-hybridized carbons (Fsp3) is 0.333. The van der Waals surface area contributed by atoms with Crippen molar-refractivity contribution in [1.29, 1.82) is 0 Å². The fourth-order valence-corrected chi connectivity index (χ4v) is 1.96. The van der Waals surface area contributed by atoms with E-state index in [2.05, 4.69) is 5.16 Å². The number of rotatable bonds is 4. The molecular formula is C15H18N2O2. The normalized spacial score (nSPS) is 10.5. The molecule has 0 radical (unpaired) electrons. The van der Waals surface area contributed by atoms with Crippen molar-refractivity contribution in [2.24, 2.45) is 0 Å². The fourth-order valence-electron chi connectivity index (χ4n) is 1.96. The van der Waals surface area contributed by atoms with Gasteiger partial charge in [-0.15, -0.1) is 0 Å². The van der Waals surface area contributed by atoms with Gasteiger partial charge in [-0.05, 0) is 19.4 Å². The first-order chi connectivity index (χ1) is 9.04. The zero-order valence-corrected chi connectivity index (χ0v) is 11.5. The zero-order chi connectivity index (χ0) is 13.8. The van der Waals surface area contributed by atoms with Gasteiger partial charge in [-0.2, -0.15) is 0 Å². The minimum Gasteiger partial charge on any atom is -0.361 e. The van der Waals surface area contributed by atoms with Crippen molar-refractivity contribution in [3.8, 4) is 0 Å². The molecule has 1 aromatic carbocycles. The molecule has 0 N–H and O–H groups in total. The topological polar surface area (TPSA) is 46.3 Å². The van der Waals surface area contributed by atoms with Gasteiger partial charge >= 0.3 is 0 Å². The molecule has 0 aliphatic heterocycles. The Hall–Kier alpha value is -2.10. The smallest absolute Gasteiger partial charge is 0.227 e. The van der Waals surface area contributed by atoms with Gasteiger partial charge in [0.25, 0.3) is 0 Å². The zero-order valence-electron chi connectivity index (χ0n) is 11.5. The number of carbonyl (C=O) groups is 1. The first-order valence-electron chi connectivity index (χ1n) is 6.26. The number of benzene rings is 1. The van der Waals surface area contributed by atoms with Crippen molar-refractivity contribution in [2.45, 2.75) is 26.8 Å². The summed E-state index contributed by atoms with van der Waals surface area (Å²) in [5, 5.41) is 3.89. The molecule has 1 aromatic heterocycles. The van der Waals surface area contributed by atoms with Gasteiger partial charge in [-0.1, -0.05) is 35.0 Å². The van der Waals surface area contributed by atoms with Gasteiger partial charge in [0.15, 0.2) is 0 Å². The number of carbonyl (C=O) groups excluding carboxylic acids is 1. The van der Waals surface area contributed by atoms with Crippen molar-refractivity contribution in [3.05, 3.63) is 52.9 Å². The molecule has 0 saturated carbocycles. The van der Waals surface area contributed by atoms with Crippen molar-refractivity contribution >= 4 is 5.91 Å². The number of nitrogens with zero attached hydrogens (tertiary/aromatic N) is 2. The van der Waals surface area contributed by atoms with Gasteiger partial charge in [0.2, 0.25) is 5.91 Å². The van der Waals surface area contributed by atoms with Gasteiger partial charge in [-0.25, -0.2) is 0 Å². The number of likely N-dealkylation sites (N-methyl/N-ethyl adjacent to an activating group) is 1. The number of amides is 1. The minimum absolute atomic E-state index is 0.0752. The molecule has 0 fully saturated rings. The highest BCUT2D eigenvalue weighted by molar-refractivity contribution is 5.78. The van der Waals surface area contributed by atoms with Crippen molar-refractivity contribution < 1.29 is 9.32 Å². The van der Waals surface area contributed by atoms with Gasteiger partial charge in [0, 0.05) is 13.1 Å². The van der Waals surface area contributed by atoms with Crippen molar-refractivity contribution in [2.75, 3.05) is 7.05 Å². The summed E-state index contributed by atoms with van der Waals surface area (Å²) in [6, 6.07) is 9.84. The lowest BCUT2D eigenvalue weighted by atomic mass is 10.1. The third-order valence-electron chi connectivity index (χ3n) is 2.94. The average molecular weight is 258 g/mol. The predicted molar refractivity (Wildman–Crippen MR) is 72.6 cm³/mol. The molecule has 19 heavy (non-hydrogen) atoms. The lowest BCUT2D eigenvalue weighted by molar-refractivity contribution is -0.129. The molecule has 0 bridgehead atoms. The van der Waals surface area contributed by atoms with E-state index >= 15 is 0 Å². The molecule has 4 nitrogen and oxygen atoms in total. The maximum Gasteiger partial charge on any atom is 0.227 e. The standard InChI is InChI=1S/C15H18N2O2/c1-11-5-4-6-13(7-11)9-15(18)17(3)10-14-8-12(2)19-16-14/h4-8H,9-10H2,1-3H3. The van der Waals surface area contributed by atoms with E-state index in [-0.39, 0.29) is 5.91 Å². The van der Waals surface area contributed by atoms with Crippen LogP contribution in [-0.2, 0) is 17.8 Å². The third-order valence-corrected chi connectivity index (χ3v) is 2.94. The second kappa shape index (κ2) is 5.69. The Morgan fingerprint density at radius 1 is 1.32 bits per heavy atom. The van der Waals surface area contributed by atoms with Crippen LogP contribution < -0.4 is 0 Å². The lowest BCUT2D eigenvalue weighted by Crippen LogP contribution is -2.27. The predicted octanol–water partition coefficient (Wildman–Crippen LogP) is 2.49. The summed E-state index contributed by atoms with van der Waals surface area (Å²) >= 11 is 0. The van der Waals surface area contributed by atoms with Crippen LogP contribution >= 0.6 is 0 Å². The molecule has 0 spiro atoms. The van der Waals surface area contributed by atoms with Crippen LogP contribution in [0.5, 0.6) is 0 Å². The third kappa shape index (κ3) is 3.68. The van der Waals surface area contributed by atoms with Gasteiger partial charge in [0.1, 0.15) is 11.5 Å². The van der Waals surface area contributed by atoms with E-state index in [0.717, 1.165) is 17.0 Å². The molecule has 0 atom stereocenters. The van der Waals surface area contributed by atoms with Crippen LogP contribution in [0.2, 0.25) is 0 Å². The second-order valence-electron chi connectivity index (χ2n) is 4.84. The summed E-state index contributed by atoms with van der Waals surface area (Å²) in [5.74, 6) is 0.834. The van der Waals surface area contributed by atoms with Crippen LogP contribution in [0.25, 0.3) is 0 Å². The number of hydrogen-bond acceptors (Lipinski definition) is 3. The van der Waals surface area contributed by atoms with Crippen molar-refractivity contribution in [3.63, 3.8) is 0 Å². The van der Waals surface area contributed by atoms with Crippen LogP contribution in [-0.4, -0.2) is 23.0 Å². The van der Waals surface area contributed by atoms with Crippen molar-refractivity contribution in [1.82, 2.24) is 10.1 Å². The maximum atomic E-state index is 12.1. The van der Waals surface area contributed by atoms with E-state index in [4.69, 9.17) is 4.52 Å². The molecule has 100 valence electrons. The van der Waals surface area contributed by atoms with E-state index in [0.29, 0.717) is 13.0 Å². The molecular weight excluding hydrogens is 240 g/mol. The molecule has 0 unspecified atom stereocenters. The van der Waals surface area contributed by atoms with Gasteiger partial charge < -0.3 is 9.42 Å². The van der Waals surface area contributed by atoms with E-state index in [1.165, 1.54) is 5.56 Å². The molecule has 1 amide bonds. The Kier molecular flexibility index (Phi) is 4.00. The molecule has 4 heteroatoms. The van der Waals surface area contributed by atoms with Crippen LogP contribution in [0.15, 0.2) is 34.9 Å². The van der Waals surface area contributed by atoms with Gasteiger partial charge in [0.05, 0.1) is 13.0 Å². The number of aryl methyl sites for hydroxylation is 2. The van der Waals surface area contributed by atoms with E-state index < -0.39 is 0 Å². The Balaban J connectivity index is 1.96. The summed E-state index contributed by atoms with van der Waals surface area (Å²) in [7, 11) is 1.78. The maximum absolute atomic E-state index is 12.1. The quantitative estimate of drug-likeness (QED) is 0.846. The first-order valence-corrected chi connectivity index (χ1v) is 6.26. The second-order valence-corrected chi connectivity index (χ2v) is 4.84. The van der Waals surface area contributed by atoms with Crippen LogP contribution in [0.1, 0.15) is 22.6 Å². The lowest BCUT2D eigenvalue weighted by Gasteiger charge is -2.15. The molecule has 0 saturated heterocycles. The summed E-state index contributed by atoms with van der Waals surface area (Å²) in [6.45, 7) is 4.34. The van der Waals surface area contributed by atoms with Crippen LogP contribution in [0.3, 0.4) is 0 Å². The Labute approximate surface area is 113 Å². The average Bonchev–Trinajstić information content (AvgIpc) is 2.74. The molecule has 2 aromatic rings. The number of aromatic nitrogens is 1. The summed E-state index contributed by atoms with van der Waals surface area (Å²) in [4.78, 5) is 13.8. The highest BCUT2D eigenvalue weighted by Crippen LogP contribution is 2.09. The molecule has 2 rings (SSSR count). The highest BCUT2D eigenvalue weighted by atomic mass is 16.5. The minimum atomic E-state index is 0.0752. The van der Waals surface area contributed by atoms with Crippen LogP contribution in [0.4, 0.5) is 0 Å². The summed E-state index contributed by atoms with van der Waals surface area (Å²) in [5.41, 5.74) is 2.98. The monoisotopic (exact) mass is 258 g/mol. The first kappa shape index (κ1) is 13.3. The Morgan fingerprint density at radius 3 is 2.74 bits per heavy atom. The summed E-state index contributed by atoms with van der Waals surface area (Å²) in [6.07, 6.45) is 0.412. The molecule has 1 heterocycles. The number of hydrogen-bond donors (Lipinski definition) is 0. The van der Waals surface area contributed by atoms with E-state index in [9.17, 15) is 4.79 Å². The Morgan fingerprint density at radius 2 is 2.11 bits per heavy atom. The Bertz CT molecular complexity index is 575. The molecule has 0 aliphatic carbocycles. The largest absolute Gasteiger partial charge is 0.361 e. The summed E-state index contributed by atoms with van der Waals surface area (Å²) < 4.78 is 4.99. The molecule has 0 aliphatic rings.